The number of carbonyl (C=O) groups is 2. The van der Waals surface area contributed by atoms with Gasteiger partial charge in [0.25, 0.3) is 5.91 Å². The molecule has 1 aromatic carbocycles. The van der Waals surface area contributed by atoms with Crippen molar-refractivity contribution in [1.29, 1.82) is 0 Å². The predicted octanol–water partition coefficient (Wildman–Crippen LogP) is 1.07. The van der Waals surface area contributed by atoms with Crippen molar-refractivity contribution in [2.24, 2.45) is 11.8 Å². The van der Waals surface area contributed by atoms with Crippen molar-refractivity contribution in [3.63, 3.8) is 0 Å². The molecular weight excluding hydrogens is 320 g/mol. The largest absolute Gasteiger partial charge is 0.455 e. The summed E-state index contributed by atoms with van der Waals surface area (Å²) < 4.78 is 30.1. The molecule has 0 radical (unpaired) electrons. The molecule has 1 amide bonds. The number of hydrogen-bond acceptors (Lipinski definition) is 5. The fraction of sp³-hybridized carbons (Fsp3) is 0.467. The fourth-order valence-electron chi connectivity index (χ4n) is 2.04. The van der Waals surface area contributed by atoms with Crippen molar-refractivity contribution in [1.82, 2.24) is 4.31 Å². The fourth-order valence-corrected chi connectivity index (χ4v) is 2.98. The average Bonchev–Trinajstić information content (AvgIpc) is 3.22. The number of anilines is 1. The Morgan fingerprint density at radius 1 is 1.35 bits per heavy atom. The molecule has 2 rings (SSSR count). The molecule has 1 saturated carbocycles. The number of nitrogens with one attached hydrogen (secondary N) is 1. The van der Waals surface area contributed by atoms with Crippen LogP contribution in [0.3, 0.4) is 0 Å². The summed E-state index contributed by atoms with van der Waals surface area (Å²) >= 11 is 0. The van der Waals surface area contributed by atoms with E-state index in [0.29, 0.717) is 11.6 Å². The summed E-state index contributed by atoms with van der Waals surface area (Å²) in [4.78, 5) is 23.4. The van der Waals surface area contributed by atoms with Gasteiger partial charge in [-0.2, -0.15) is 0 Å². The molecule has 7 nitrogen and oxygen atoms in total. The summed E-state index contributed by atoms with van der Waals surface area (Å²) in [7, 11) is -0.714. The van der Waals surface area contributed by atoms with Crippen LogP contribution in [0.4, 0.5) is 5.69 Å². The maximum absolute atomic E-state index is 12.0. The van der Waals surface area contributed by atoms with Gasteiger partial charge in [0, 0.05) is 19.8 Å². The molecular formula is C15H20N2O5S. The standard InChI is InChI=1S/C15H20N2O5S/c1-10-7-13(10)15(19)22-9-14(18)16-11-5-4-6-12(8-11)23(20,21)17(2)3/h4-6,8,10,13H,7,9H2,1-3H3,(H,16,18)/t10-,13+/m1/s1. The Bertz CT molecular complexity index is 714. The highest BCUT2D eigenvalue weighted by atomic mass is 32.2. The molecule has 1 aliphatic carbocycles. The predicted molar refractivity (Wildman–Crippen MR) is 84.2 cm³/mol. The van der Waals surface area contributed by atoms with E-state index in [1.165, 1.54) is 32.3 Å². The average molecular weight is 340 g/mol. The summed E-state index contributed by atoms with van der Waals surface area (Å²) in [5, 5.41) is 2.52. The van der Waals surface area contributed by atoms with E-state index in [2.05, 4.69) is 5.32 Å². The minimum Gasteiger partial charge on any atom is -0.455 e. The number of carbonyl (C=O) groups excluding carboxylic acids is 2. The SMILES string of the molecule is C[C@@H]1C[C@@H]1C(=O)OCC(=O)Nc1cccc(S(=O)(=O)N(C)C)c1. The third-order valence-corrected chi connectivity index (χ3v) is 5.47. The zero-order valence-corrected chi connectivity index (χ0v) is 14.1. The van der Waals surface area contributed by atoms with Crippen LogP contribution in [0.15, 0.2) is 29.2 Å². The van der Waals surface area contributed by atoms with E-state index >= 15 is 0 Å². The molecule has 8 heteroatoms. The summed E-state index contributed by atoms with van der Waals surface area (Å²) in [6.45, 7) is 1.56. The summed E-state index contributed by atoms with van der Waals surface area (Å²) in [6.07, 6.45) is 0.797. The van der Waals surface area contributed by atoms with Gasteiger partial charge in [0.1, 0.15) is 0 Å². The highest BCUT2D eigenvalue weighted by Crippen LogP contribution is 2.38. The van der Waals surface area contributed by atoms with Crippen molar-refractivity contribution in [3.05, 3.63) is 24.3 Å². The van der Waals surface area contributed by atoms with E-state index in [9.17, 15) is 18.0 Å². The maximum Gasteiger partial charge on any atom is 0.309 e. The van der Waals surface area contributed by atoms with Gasteiger partial charge in [-0.15, -0.1) is 0 Å². The Kier molecular flexibility index (Phi) is 5.06. The number of ether oxygens (including phenoxy) is 1. The van der Waals surface area contributed by atoms with Crippen LogP contribution in [0.5, 0.6) is 0 Å². The first kappa shape index (κ1) is 17.4. The number of rotatable bonds is 6. The Balaban J connectivity index is 1.95. The Morgan fingerprint density at radius 3 is 2.57 bits per heavy atom. The van der Waals surface area contributed by atoms with Gasteiger partial charge in [-0.25, -0.2) is 12.7 Å². The van der Waals surface area contributed by atoms with Crippen LogP contribution >= 0.6 is 0 Å². The smallest absolute Gasteiger partial charge is 0.309 e. The Hall–Kier alpha value is -1.93. The molecule has 23 heavy (non-hydrogen) atoms. The van der Waals surface area contributed by atoms with Crippen molar-refractivity contribution in [3.8, 4) is 0 Å². The molecule has 126 valence electrons. The summed E-state index contributed by atoms with van der Waals surface area (Å²) in [5.74, 6) is -0.655. The molecule has 1 N–H and O–H groups in total. The van der Waals surface area contributed by atoms with Crippen LogP contribution in [0, 0.1) is 11.8 Å². The maximum atomic E-state index is 12.0. The minimum absolute atomic E-state index is 0.0732. The van der Waals surface area contributed by atoms with E-state index in [4.69, 9.17) is 4.74 Å². The molecule has 0 spiro atoms. The van der Waals surface area contributed by atoms with Gasteiger partial charge in [0.05, 0.1) is 10.8 Å². The molecule has 0 heterocycles. The van der Waals surface area contributed by atoms with Crippen molar-refractivity contribution in [2.45, 2.75) is 18.2 Å². The highest BCUT2D eigenvalue weighted by molar-refractivity contribution is 7.89. The number of hydrogen-bond donors (Lipinski definition) is 1. The van der Waals surface area contributed by atoms with E-state index in [0.717, 1.165) is 10.7 Å². The zero-order chi connectivity index (χ0) is 17.2. The van der Waals surface area contributed by atoms with Gasteiger partial charge in [-0.1, -0.05) is 13.0 Å². The van der Waals surface area contributed by atoms with Gasteiger partial charge in [-0.3, -0.25) is 9.59 Å². The van der Waals surface area contributed by atoms with Gasteiger partial charge in [0.2, 0.25) is 10.0 Å². The molecule has 0 unspecified atom stereocenters. The first-order valence-corrected chi connectivity index (χ1v) is 8.65. The van der Waals surface area contributed by atoms with Gasteiger partial charge in [0.15, 0.2) is 6.61 Å². The number of benzene rings is 1. The molecule has 0 bridgehead atoms. The van der Waals surface area contributed by atoms with Crippen LogP contribution in [0.2, 0.25) is 0 Å². The lowest BCUT2D eigenvalue weighted by molar-refractivity contribution is -0.148. The van der Waals surface area contributed by atoms with E-state index < -0.39 is 15.9 Å². The van der Waals surface area contributed by atoms with Crippen LogP contribution in [0.1, 0.15) is 13.3 Å². The van der Waals surface area contributed by atoms with E-state index in [1.807, 2.05) is 6.92 Å². The topological polar surface area (TPSA) is 92.8 Å². The van der Waals surface area contributed by atoms with E-state index in [1.54, 1.807) is 6.07 Å². The molecule has 0 saturated heterocycles. The van der Waals surface area contributed by atoms with Gasteiger partial charge >= 0.3 is 5.97 Å². The first-order valence-electron chi connectivity index (χ1n) is 7.21. The molecule has 0 aromatic heterocycles. The second-order valence-corrected chi connectivity index (χ2v) is 7.94. The number of esters is 1. The number of sulfonamides is 1. The Labute approximate surface area is 135 Å². The lowest BCUT2D eigenvalue weighted by Gasteiger charge is -2.12. The monoisotopic (exact) mass is 340 g/mol. The lowest BCUT2D eigenvalue weighted by Crippen LogP contribution is -2.23. The van der Waals surface area contributed by atoms with Crippen molar-refractivity contribution in [2.75, 3.05) is 26.0 Å². The Morgan fingerprint density at radius 2 is 2.00 bits per heavy atom. The van der Waals surface area contributed by atoms with Crippen molar-refractivity contribution >= 4 is 27.6 Å². The van der Waals surface area contributed by atoms with Crippen LogP contribution in [-0.2, 0) is 24.3 Å². The van der Waals surface area contributed by atoms with Crippen LogP contribution in [0.25, 0.3) is 0 Å². The minimum atomic E-state index is -3.57. The second-order valence-electron chi connectivity index (χ2n) is 5.79. The second kappa shape index (κ2) is 6.67. The molecule has 1 aromatic rings. The molecule has 1 aliphatic rings. The van der Waals surface area contributed by atoms with Crippen LogP contribution in [-0.4, -0.2) is 45.3 Å². The summed E-state index contributed by atoms with van der Waals surface area (Å²) in [5.41, 5.74) is 0.328. The summed E-state index contributed by atoms with van der Waals surface area (Å²) in [6, 6.07) is 5.90. The van der Waals surface area contributed by atoms with E-state index in [-0.39, 0.29) is 23.4 Å². The normalized spacial score (nSPS) is 20.2. The number of nitrogens with zero attached hydrogens (tertiary/aromatic N) is 1. The quantitative estimate of drug-likeness (QED) is 0.782. The molecule has 0 aliphatic heterocycles. The van der Waals surface area contributed by atoms with Gasteiger partial charge in [-0.05, 0) is 30.5 Å². The lowest BCUT2D eigenvalue weighted by atomic mass is 10.3. The highest BCUT2D eigenvalue weighted by Gasteiger charge is 2.40. The molecule has 1 fully saturated rings. The first-order chi connectivity index (χ1) is 10.7. The third-order valence-electron chi connectivity index (χ3n) is 3.65. The zero-order valence-electron chi connectivity index (χ0n) is 13.3. The number of amides is 1. The van der Waals surface area contributed by atoms with Crippen LogP contribution < -0.4 is 5.32 Å². The van der Waals surface area contributed by atoms with Crippen molar-refractivity contribution < 1.29 is 22.7 Å². The third kappa shape index (κ3) is 4.29. The molecule has 2 atom stereocenters. The van der Waals surface area contributed by atoms with Gasteiger partial charge < -0.3 is 10.1 Å².